The molecule has 0 radical (unpaired) electrons. The molecule has 2 aromatic heterocycles. The summed E-state index contributed by atoms with van der Waals surface area (Å²) in [6.45, 7) is 6.25. The molecule has 2 heterocycles. The number of rotatable bonds is 3. The Bertz CT molecular complexity index is 659. The highest BCUT2D eigenvalue weighted by atomic mass is 32.1. The lowest BCUT2D eigenvalue weighted by atomic mass is 10.2. The average Bonchev–Trinajstić information content (AvgIpc) is 2.97. The number of aryl methyl sites for hydroxylation is 2. The summed E-state index contributed by atoms with van der Waals surface area (Å²) >= 11 is 1.85. The molecule has 0 amide bonds. The molecule has 98 valence electrons. The van der Waals surface area contributed by atoms with Gasteiger partial charge in [-0.15, -0.1) is 11.3 Å². The molecule has 19 heavy (non-hydrogen) atoms. The molecule has 0 spiro atoms. The summed E-state index contributed by atoms with van der Waals surface area (Å²) in [6.07, 6.45) is 0. The van der Waals surface area contributed by atoms with Gasteiger partial charge in [0.25, 0.3) is 0 Å². The fraction of sp³-hybridized carbons (Fsp3) is 0.267. The first kappa shape index (κ1) is 12.2. The van der Waals surface area contributed by atoms with Crippen molar-refractivity contribution in [1.82, 2.24) is 10.2 Å². The molecule has 3 aromatic rings. The minimum Gasteiger partial charge on any atom is -0.375 e. The maximum absolute atomic E-state index is 4.22. The standard InChI is InChI=1S/C15H17N3S/c1-9(16-15-10(2)17-18-11(15)3)14-8-12-6-4-5-7-13(12)19-14/h4-9,16H,1-3H3,(H,17,18). The third-order valence-electron chi connectivity index (χ3n) is 3.36. The second kappa shape index (κ2) is 4.70. The van der Waals surface area contributed by atoms with Crippen molar-refractivity contribution in [3.05, 3.63) is 46.6 Å². The molecule has 0 fully saturated rings. The Morgan fingerprint density at radius 2 is 2.05 bits per heavy atom. The van der Waals surface area contributed by atoms with E-state index in [1.807, 2.05) is 25.2 Å². The lowest BCUT2D eigenvalue weighted by molar-refractivity contribution is 0.904. The van der Waals surface area contributed by atoms with Crippen LogP contribution in [0.1, 0.15) is 29.2 Å². The highest BCUT2D eigenvalue weighted by Crippen LogP contribution is 2.32. The van der Waals surface area contributed by atoms with Crippen LogP contribution in [-0.2, 0) is 0 Å². The highest BCUT2D eigenvalue weighted by molar-refractivity contribution is 7.19. The number of anilines is 1. The lowest BCUT2D eigenvalue weighted by Crippen LogP contribution is -2.06. The maximum Gasteiger partial charge on any atom is 0.0825 e. The molecule has 0 bridgehead atoms. The van der Waals surface area contributed by atoms with Crippen LogP contribution in [-0.4, -0.2) is 10.2 Å². The summed E-state index contributed by atoms with van der Waals surface area (Å²) < 4.78 is 1.34. The molecule has 1 unspecified atom stereocenters. The first-order valence-corrected chi connectivity index (χ1v) is 7.23. The van der Waals surface area contributed by atoms with Crippen molar-refractivity contribution >= 4 is 27.1 Å². The van der Waals surface area contributed by atoms with Gasteiger partial charge in [0.1, 0.15) is 0 Å². The third kappa shape index (κ3) is 2.24. The second-order valence-corrected chi connectivity index (χ2v) is 5.98. The summed E-state index contributed by atoms with van der Waals surface area (Å²) in [7, 11) is 0. The third-order valence-corrected chi connectivity index (χ3v) is 4.66. The van der Waals surface area contributed by atoms with E-state index < -0.39 is 0 Å². The number of thiophene rings is 1. The zero-order valence-corrected chi connectivity index (χ0v) is 12.1. The molecule has 0 aliphatic rings. The first-order valence-electron chi connectivity index (χ1n) is 6.41. The van der Waals surface area contributed by atoms with Gasteiger partial charge in [0.15, 0.2) is 0 Å². The number of nitrogens with one attached hydrogen (secondary N) is 2. The van der Waals surface area contributed by atoms with Crippen molar-refractivity contribution in [3.63, 3.8) is 0 Å². The van der Waals surface area contributed by atoms with Gasteiger partial charge in [-0.3, -0.25) is 5.10 Å². The summed E-state index contributed by atoms with van der Waals surface area (Å²) in [5.74, 6) is 0. The van der Waals surface area contributed by atoms with Crippen molar-refractivity contribution in [1.29, 1.82) is 0 Å². The van der Waals surface area contributed by atoms with Crippen LogP contribution in [0.5, 0.6) is 0 Å². The number of fused-ring (bicyclic) bond motifs is 1. The Hall–Kier alpha value is -1.81. The SMILES string of the molecule is Cc1n[nH]c(C)c1NC(C)c1cc2ccccc2s1. The van der Waals surface area contributed by atoms with Gasteiger partial charge in [0.2, 0.25) is 0 Å². The van der Waals surface area contributed by atoms with Crippen LogP contribution in [0.25, 0.3) is 10.1 Å². The zero-order valence-electron chi connectivity index (χ0n) is 11.3. The van der Waals surface area contributed by atoms with E-state index in [-0.39, 0.29) is 6.04 Å². The topological polar surface area (TPSA) is 40.7 Å². The van der Waals surface area contributed by atoms with E-state index >= 15 is 0 Å². The molecular formula is C15H17N3S. The molecular weight excluding hydrogens is 254 g/mol. The first-order chi connectivity index (χ1) is 9.15. The van der Waals surface area contributed by atoms with Gasteiger partial charge in [-0.05, 0) is 38.3 Å². The Labute approximate surface area is 116 Å². The normalized spacial score (nSPS) is 12.8. The van der Waals surface area contributed by atoms with Crippen LogP contribution in [0.4, 0.5) is 5.69 Å². The van der Waals surface area contributed by atoms with E-state index in [2.05, 4.69) is 52.8 Å². The number of hydrogen-bond acceptors (Lipinski definition) is 3. The zero-order chi connectivity index (χ0) is 13.4. The summed E-state index contributed by atoms with van der Waals surface area (Å²) in [4.78, 5) is 1.35. The minimum absolute atomic E-state index is 0.285. The summed E-state index contributed by atoms with van der Waals surface area (Å²) in [5, 5.41) is 12.1. The number of nitrogens with zero attached hydrogens (tertiary/aromatic N) is 1. The molecule has 4 heteroatoms. The van der Waals surface area contributed by atoms with Gasteiger partial charge in [0, 0.05) is 9.58 Å². The Morgan fingerprint density at radius 1 is 1.26 bits per heavy atom. The molecule has 3 nitrogen and oxygen atoms in total. The van der Waals surface area contributed by atoms with Crippen molar-refractivity contribution in [2.45, 2.75) is 26.8 Å². The fourth-order valence-corrected chi connectivity index (χ4v) is 3.33. The summed E-state index contributed by atoms with van der Waals surface area (Å²) in [5.41, 5.74) is 3.22. The molecule has 0 saturated heterocycles. The Kier molecular flexibility index (Phi) is 3.03. The average molecular weight is 271 g/mol. The molecule has 1 atom stereocenters. The maximum atomic E-state index is 4.22. The van der Waals surface area contributed by atoms with E-state index in [9.17, 15) is 0 Å². The van der Waals surface area contributed by atoms with Crippen LogP contribution in [0, 0.1) is 13.8 Å². The van der Waals surface area contributed by atoms with E-state index in [1.165, 1.54) is 15.0 Å². The smallest absolute Gasteiger partial charge is 0.0825 e. The monoisotopic (exact) mass is 271 g/mol. The van der Waals surface area contributed by atoms with E-state index in [4.69, 9.17) is 0 Å². The van der Waals surface area contributed by atoms with Crippen molar-refractivity contribution in [2.75, 3.05) is 5.32 Å². The molecule has 0 aliphatic carbocycles. The lowest BCUT2D eigenvalue weighted by Gasteiger charge is -2.13. The van der Waals surface area contributed by atoms with Gasteiger partial charge in [0.05, 0.1) is 23.1 Å². The van der Waals surface area contributed by atoms with Gasteiger partial charge in [-0.1, -0.05) is 18.2 Å². The van der Waals surface area contributed by atoms with Gasteiger partial charge in [-0.25, -0.2) is 0 Å². The molecule has 1 aromatic carbocycles. The Morgan fingerprint density at radius 3 is 2.74 bits per heavy atom. The molecule has 0 aliphatic heterocycles. The second-order valence-electron chi connectivity index (χ2n) is 4.86. The number of aromatic amines is 1. The fourth-order valence-electron chi connectivity index (χ4n) is 2.27. The van der Waals surface area contributed by atoms with Crippen molar-refractivity contribution < 1.29 is 0 Å². The Balaban J connectivity index is 1.89. The van der Waals surface area contributed by atoms with Crippen LogP contribution < -0.4 is 5.32 Å². The highest BCUT2D eigenvalue weighted by Gasteiger charge is 2.13. The van der Waals surface area contributed by atoms with Gasteiger partial charge in [-0.2, -0.15) is 5.10 Å². The number of hydrogen-bond donors (Lipinski definition) is 2. The largest absolute Gasteiger partial charge is 0.375 e. The van der Waals surface area contributed by atoms with Crippen LogP contribution in [0.15, 0.2) is 30.3 Å². The number of aromatic nitrogens is 2. The van der Waals surface area contributed by atoms with Crippen LogP contribution in [0.2, 0.25) is 0 Å². The molecule has 2 N–H and O–H groups in total. The molecule has 0 saturated carbocycles. The molecule has 3 rings (SSSR count). The predicted octanol–water partition coefficient (Wildman–Crippen LogP) is 4.41. The van der Waals surface area contributed by atoms with E-state index in [1.54, 1.807) is 0 Å². The van der Waals surface area contributed by atoms with Crippen molar-refractivity contribution in [3.8, 4) is 0 Å². The van der Waals surface area contributed by atoms with Crippen LogP contribution in [0.3, 0.4) is 0 Å². The summed E-state index contributed by atoms with van der Waals surface area (Å²) in [6, 6.07) is 11.1. The van der Waals surface area contributed by atoms with E-state index in [0.717, 1.165) is 17.1 Å². The predicted molar refractivity (Wildman–Crippen MR) is 81.9 cm³/mol. The van der Waals surface area contributed by atoms with Crippen molar-refractivity contribution in [2.24, 2.45) is 0 Å². The van der Waals surface area contributed by atoms with Gasteiger partial charge >= 0.3 is 0 Å². The number of H-pyrrole nitrogens is 1. The quantitative estimate of drug-likeness (QED) is 0.740. The van der Waals surface area contributed by atoms with Gasteiger partial charge < -0.3 is 5.32 Å². The van der Waals surface area contributed by atoms with Crippen LogP contribution >= 0.6 is 11.3 Å². The number of benzene rings is 1. The van der Waals surface area contributed by atoms with E-state index in [0.29, 0.717) is 0 Å². The minimum atomic E-state index is 0.285.